The first-order chi connectivity index (χ1) is 16.0. The van der Waals surface area contributed by atoms with Gasteiger partial charge in [0.05, 0.1) is 26.2 Å². The van der Waals surface area contributed by atoms with Crippen molar-refractivity contribution in [2.75, 3.05) is 26.2 Å². The van der Waals surface area contributed by atoms with Crippen LogP contribution in [0, 0.1) is 17.8 Å². The predicted molar refractivity (Wildman–Crippen MR) is 133 cm³/mol. The van der Waals surface area contributed by atoms with E-state index in [1.165, 1.54) is 38.5 Å². The summed E-state index contributed by atoms with van der Waals surface area (Å²) in [5, 5.41) is 30.4. The van der Waals surface area contributed by atoms with Gasteiger partial charge in [0.2, 0.25) is 0 Å². The van der Waals surface area contributed by atoms with E-state index in [0.717, 1.165) is 32.1 Å². The summed E-state index contributed by atoms with van der Waals surface area (Å²) in [6.07, 6.45) is 17.0. The van der Waals surface area contributed by atoms with E-state index < -0.39 is 35.7 Å². The molecule has 0 heterocycles. The van der Waals surface area contributed by atoms with Crippen molar-refractivity contribution in [1.29, 1.82) is 0 Å². The first-order valence-electron chi connectivity index (χ1n) is 13.2. The van der Waals surface area contributed by atoms with E-state index >= 15 is 0 Å². The molecule has 3 unspecified atom stereocenters. The molecule has 0 saturated carbocycles. The molecule has 3 atom stereocenters. The lowest BCUT2D eigenvalue weighted by Gasteiger charge is -2.43. The highest BCUT2D eigenvalue weighted by molar-refractivity contribution is 5.70. The van der Waals surface area contributed by atoms with Crippen LogP contribution < -0.4 is 5.11 Å². The maximum atomic E-state index is 11.5. The van der Waals surface area contributed by atoms with Gasteiger partial charge in [0.15, 0.2) is 0 Å². The predicted octanol–water partition coefficient (Wildman–Crippen LogP) is 4.50. The van der Waals surface area contributed by atoms with Crippen LogP contribution in [0.1, 0.15) is 98.3 Å². The third-order valence-electron chi connectivity index (χ3n) is 6.63. The first kappa shape index (κ1) is 32.1. The third-order valence-corrected chi connectivity index (χ3v) is 6.63. The summed E-state index contributed by atoms with van der Waals surface area (Å²) in [6.45, 7) is 8.12. The highest BCUT2D eigenvalue weighted by Gasteiger charge is 2.36. The standard InChI is InChI=1S/C27H49NO6/c1-5-6-7-8-9-10-11-12-13-14-15-16-17-18-28(19-22(2)25(29)30,20-23(3)26(31)32)21-24(4)27(33)34/h6-7,22-24H,5,8-21H2,1-4H3,(H2-,29,30,31,32,33,34)/b7-6+. The van der Waals surface area contributed by atoms with E-state index in [4.69, 9.17) is 0 Å². The number of rotatable bonds is 22. The van der Waals surface area contributed by atoms with Gasteiger partial charge in [-0.25, -0.2) is 0 Å². The van der Waals surface area contributed by atoms with Crippen LogP contribution in [0.15, 0.2) is 12.2 Å². The molecule has 0 rings (SSSR count). The SMILES string of the molecule is CC/C=C/CCCCCCCCCCC[N+](CC(C)C(=O)[O-])(CC(C)C(=O)O)CC(C)C(=O)O. The van der Waals surface area contributed by atoms with Crippen molar-refractivity contribution in [3.8, 4) is 0 Å². The molecule has 2 N–H and O–H groups in total. The van der Waals surface area contributed by atoms with Crippen molar-refractivity contribution in [2.24, 2.45) is 17.8 Å². The van der Waals surface area contributed by atoms with Gasteiger partial charge >= 0.3 is 11.9 Å². The molecule has 0 spiro atoms. The number of carbonyl (C=O) groups is 3. The number of aliphatic carboxylic acids is 3. The molecule has 0 aliphatic heterocycles. The Kier molecular flexibility index (Phi) is 17.4. The number of carboxylic acid groups (broad SMARTS) is 3. The van der Waals surface area contributed by atoms with E-state index in [1.54, 1.807) is 20.8 Å². The molecule has 34 heavy (non-hydrogen) atoms. The van der Waals surface area contributed by atoms with Gasteiger partial charge in [-0.15, -0.1) is 0 Å². The Hall–Kier alpha value is -1.89. The average Bonchev–Trinajstić information content (AvgIpc) is 2.76. The monoisotopic (exact) mass is 483 g/mol. The van der Waals surface area contributed by atoms with Gasteiger partial charge in [0, 0.05) is 11.9 Å². The van der Waals surface area contributed by atoms with Crippen molar-refractivity contribution in [2.45, 2.75) is 98.3 Å². The normalized spacial score (nSPS) is 16.1. The number of carboxylic acids is 3. The quantitative estimate of drug-likeness (QED) is 0.133. The Morgan fingerprint density at radius 3 is 1.53 bits per heavy atom. The maximum Gasteiger partial charge on any atom is 0.311 e. The number of carbonyl (C=O) groups excluding carboxylic acids is 1. The van der Waals surface area contributed by atoms with Gasteiger partial charge in [-0.05, 0) is 46.0 Å². The third kappa shape index (κ3) is 15.1. The molecule has 0 aliphatic rings. The Morgan fingerprint density at radius 1 is 0.706 bits per heavy atom. The van der Waals surface area contributed by atoms with Crippen LogP contribution in [0.3, 0.4) is 0 Å². The molecular weight excluding hydrogens is 434 g/mol. The molecular formula is C27H49NO6. The van der Waals surface area contributed by atoms with Crippen molar-refractivity contribution < 1.29 is 34.2 Å². The van der Waals surface area contributed by atoms with Crippen molar-refractivity contribution in [3.05, 3.63) is 12.2 Å². The van der Waals surface area contributed by atoms with Crippen LogP contribution >= 0.6 is 0 Å². The fraction of sp³-hybridized carbons (Fsp3) is 0.815. The maximum absolute atomic E-state index is 11.5. The summed E-state index contributed by atoms with van der Waals surface area (Å²) in [7, 11) is 0. The van der Waals surface area contributed by atoms with E-state index in [1.807, 2.05) is 0 Å². The summed E-state index contributed by atoms with van der Waals surface area (Å²) in [5.41, 5.74) is 0. The van der Waals surface area contributed by atoms with Gasteiger partial charge in [-0.2, -0.15) is 0 Å². The zero-order chi connectivity index (χ0) is 26.0. The molecule has 0 aromatic rings. The van der Waals surface area contributed by atoms with Crippen molar-refractivity contribution in [1.82, 2.24) is 0 Å². The summed E-state index contributed by atoms with van der Waals surface area (Å²) >= 11 is 0. The molecule has 198 valence electrons. The number of quaternary nitrogens is 1. The summed E-state index contributed by atoms with van der Waals surface area (Å²) < 4.78 is 0.183. The highest BCUT2D eigenvalue weighted by Crippen LogP contribution is 2.22. The molecule has 0 aromatic carbocycles. The fourth-order valence-electron chi connectivity index (χ4n) is 4.70. The Balaban J connectivity index is 4.73. The molecule has 7 heteroatoms. The molecule has 0 aromatic heterocycles. The van der Waals surface area contributed by atoms with Crippen LogP contribution in [0.25, 0.3) is 0 Å². The second kappa shape index (κ2) is 18.4. The molecule has 0 radical (unpaired) electrons. The topological polar surface area (TPSA) is 115 Å². The molecule has 0 bridgehead atoms. The van der Waals surface area contributed by atoms with E-state index in [9.17, 15) is 29.7 Å². The first-order valence-corrected chi connectivity index (χ1v) is 13.2. The molecule has 0 aliphatic carbocycles. The molecule has 0 fully saturated rings. The molecule has 0 saturated heterocycles. The van der Waals surface area contributed by atoms with Crippen LogP contribution in [0.2, 0.25) is 0 Å². The molecule has 0 amide bonds. The van der Waals surface area contributed by atoms with Crippen LogP contribution in [0.4, 0.5) is 0 Å². The minimum absolute atomic E-state index is 0.183. The number of hydrogen-bond donors (Lipinski definition) is 2. The zero-order valence-electron chi connectivity index (χ0n) is 22.0. The van der Waals surface area contributed by atoms with Crippen molar-refractivity contribution >= 4 is 17.9 Å². The summed E-state index contributed by atoms with van der Waals surface area (Å²) in [6, 6.07) is 0. The van der Waals surface area contributed by atoms with Crippen LogP contribution in [-0.2, 0) is 14.4 Å². The van der Waals surface area contributed by atoms with Crippen molar-refractivity contribution in [3.63, 3.8) is 0 Å². The number of unbranched alkanes of at least 4 members (excludes halogenated alkanes) is 9. The van der Waals surface area contributed by atoms with E-state index in [0.29, 0.717) is 6.54 Å². The Morgan fingerprint density at radius 2 is 1.12 bits per heavy atom. The summed E-state index contributed by atoms with van der Waals surface area (Å²) in [4.78, 5) is 34.5. The number of nitrogens with zero attached hydrogens (tertiary/aromatic N) is 1. The largest absolute Gasteiger partial charge is 0.550 e. The fourth-order valence-corrected chi connectivity index (χ4v) is 4.70. The van der Waals surface area contributed by atoms with Crippen LogP contribution in [0.5, 0.6) is 0 Å². The lowest BCUT2D eigenvalue weighted by molar-refractivity contribution is -0.934. The van der Waals surface area contributed by atoms with Crippen LogP contribution in [-0.4, -0.2) is 58.8 Å². The molecule has 7 nitrogen and oxygen atoms in total. The smallest absolute Gasteiger partial charge is 0.311 e. The van der Waals surface area contributed by atoms with Gasteiger partial charge < -0.3 is 24.6 Å². The Labute approximate surface area is 206 Å². The zero-order valence-corrected chi connectivity index (χ0v) is 22.0. The number of allylic oxidation sites excluding steroid dienone is 2. The number of hydrogen-bond acceptors (Lipinski definition) is 4. The van der Waals surface area contributed by atoms with E-state index in [-0.39, 0.29) is 24.1 Å². The lowest BCUT2D eigenvalue weighted by Crippen LogP contribution is -2.58. The lowest BCUT2D eigenvalue weighted by atomic mass is 10.00. The van der Waals surface area contributed by atoms with Gasteiger partial charge in [0.1, 0.15) is 11.8 Å². The van der Waals surface area contributed by atoms with Gasteiger partial charge in [-0.1, -0.05) is 64.5 Å². The summed E-state index contributed by atoms with van der Waals surface area (Å²) in [5.74, 6) is -5.24. The highest BCUT2D eigenvalue weighted by atomic mass is 16.4. The minimum Gasteiger partial charge on any atom is -0.550 e. The van der Waals surface area contributed by atoms with Gasteiger partial charge in [0.25, 0.3) is 0 Å². The second-order valence-corrected chi connectivity index (χ2v) is 10.2. The van der Waals surface area contributed by atoms with E-state index in [2.05, 4.69) is 19.1 Å². The Bertz CT molecular complexity index is 563. The van der Waals surface area contributed by atoms with Gasteiger partial charge in [-0.3, -0.25) is 9.59 Å². The average molecular weight is 484 g/mol. The second-order valence-electron chi connectivity index (χ2n) is 10.2. The minimum atomic E-state index is -1.19.